The second-order valence-corrected chi connectivity index (χ2v) is 6.10. The number of nitrogens with one attached hydrogen (secondary N) is 2. The Labute approximate surface area is 148 Å². The molecule has 2 aromatic rings. The van der Waals surface area contributed by atoms with Crippen molar-refractivity contribution in [2.45, 2.75) is 25.9 Å². The third kappa shape index (κ3) is 5.87. The fourth-order valence-electron chi connectivity index (χ4n) is 2.48. The summed E-state index contributed by atoms with van der Waals surface area (Å²) in [5.41, 5.74) is 0.442. The van der Waals surface area contributed by atoms with Crippen LogP contribution in [0.5, 0.6) is 0 Å². The van der Waals surface area contributed by atoms with E-state index in [-0.39, 0.29) is 12.4 Å². The van der Waals surface area contributed by atoms with Crippen LogP contribution in [0.4, 0.5) is 4.39 Å². The van der Waals surface area contributed by atoms with E-state index in [2.05, 4.69) is 15.6 Å². The number of rotatable bonds is 7. The molecule has 5 heteroatoms. The van der Waals surface area contributed by atoms with Gasteiger partial charge in [0.15, 0.2) is 5.96 Å². The van der Waals surface area contributed by atoms with Crippen molar-refractivity contribution in [2.24, 2.45) is 4.99 Å². The van der Waals surface area contributed by atoms with Crippen LogP contribution in [0, 0.1) is 5.82 Å². The van der Waals surface area contributed by atoms with Gasteiger partial charge in [-0.15, -0.1) is 0 Å². The number of hydrogen-bond donors (Lipinski definition) is 3. The molecule has 134 valence electrons. The molecule has 2 rings (SSSR count). The Bertz CT molecular complexity index is 686. The predicted molar refractivity (Wildman–Crippen MR) is 100 cm³/mol. The van der Waals surface area contributed by atoms with Crippen LogP contribution in [0.3, 0.4) is 0 Å². The topological polar surface area (TPSA) is 56.7 Å². The highest BCUT2D eigenvalue weighted by Gasteiger charge is 2.22. The molecule has 2 aromatic carbocycles. The minimum Gasteiger partial charge on any atom is -0.384 e. The number of benzene rings is 2. The number of aliphatic imine (C=N–C) groups is 1. The molecule has 1 unspecified atom stereocenters. The molecule has 0 spiro atoms. The van der Waals surface area contributed by atoms with E-state index in [1.807, 2.05) is 43.3 Å². The number of hydrogen-bond acceptors (Lipinski definition) is 2. The fourth-order valence-corrected chi connectivity index (χ4v) is 2.48. The van der Waals surface area contributed by atoms with Gasteiger partial charge >= 0.3 is 0 Å². The van der Waals surface area contributed by atoms with E-state index in [1.165, 1.54) is 6.07 Å². The van der Waals surface area contributed by atoms with Crippen molar-refractivity contribution in [2.75, 3.05) is 19.6 Å². The summed E-state index contributed by atoms with van der Waals surface area (Å²) in [5, 5.41) is 17.0. The Hall–Kier alpha value is -2.40. The Kier molecular flexibility index (Phi) is 6.95. The zero-order chi connectivity index (χ0) is 18.1. The standard InChI is InChI=1S/C20H26FN3O/c1-3-22-19(23-14-13-16-9-7-8-12-18(16)21)24-15-20(2,25)17-10-5-4-6-11-17/h4-12,25H,3,13-15H2,1-2H3,(H2,22,23,24). The molecule has 3 N–H and O–H groups in total. The van der Waals surface area contributed by atoms with Gasteiger partial charge in [0.2, 0.25) is 0 Å². The molecule has 0 aliphatic rings. The van der Waals surface area contributed by atoms with E-state index >= 15 is 0 Å². The van der Waals surface area contributed by atoms with E-state index in [4.69, 9.17) is 0 Å². The van der Waals surface area contributed by atoms with Gasteiger partial charge in [-0.3, -0.25) is 0 Å². The van der Waals surface area contributed by atoms with Gasteiger partial charge in [-0.1, -0.05) is 48.5 Å². The molecule has 1 atom stereocenters. The average Bonchev–Trinajstić information content (AvgIpc) is 2.62. The van der Waals surface area contributed by atoms with Crippen molar-refractivity contribution in [3.8, 4) is 0 Å². The Morgan fingerprint density at radius 3 is 2.44 bits per heavy atom. The van der Waals surface area contributed by atoms with Gasteiger partial charge in [0.1, 0.15) is 11.4 Å². The fraction of sp³-hybridized carbons (Fsp3) is 0.350. The molecule has 4 nitrogen and oxygen atoms in total. The maximum atomic E-state index is 13.6. The van der Waals surface area contributed by atoms with E-state index in [9.17, 15) is 9.50 Å². The molecule has 0 amide bonds. The monoisotopic (exact) mass is 343 g/mol. The summed E-state index contributed by atoms with van der Waals surface area (Å²) < 4.78 is 13.6. The summed E-state index contributed by atoms with van der Waals surface area (Å²) in [6, 6.07) is 16.2. The first-order chi connectivity index (χ1) is 12.0. The number of nitrogens with zero attached hydrogens (tertiary/aromatic N) is 1. The van der Waals surface area contributed by atoms with E-state index in [1.54, 1.807) is 19.1 Å². The molecule has 0 aliphatic heterocycles. The Balaban J connectivity index is 1.95. The van der Waals surface area contributed by atoms with Crippen LogP contribution in [0.1, 0.15) is 25.0 Å². The summed E-state index contributed by atoms with van der Waals surface area (Å²) in [5.74, 6) is 0.410. The predicted octanol–water partition coefficient (Wildman–Crippen LogP) is 2.83. The Morgan fingerprint density at radius 2 is 1.76 bits per heavy atom. The van der Waals surface area contributed by atoms with Crippen LogP contribution in [0.2, 0.25) is 0 Å². The molecule has 0 aliphatic carbocycles. The van der Waals surface area contributed by atoms with Crippen LogP contribution in [-0.4, -0.2) is 30.7 Å². The molecular weight excluding hydrogens is 317 g/mol. The maximum Gasteiger partial charge on any atom is 0.191 e. The molecule has 0 radical (unpaired) electrons. The van der Waals surface area contributed by atoms with E-state index in [0.29, 0.717) is 31.0 Å². The van der Waals surface area contributed by atoms with Gasteiger partial charge in [0, 0.05) is 13.1 Å². The summed E-state index contributed by atoms with van der Waals surface area (Å²) in [4.78, 5) is 4.47. The molecular formula is C20H26FN3O. The van der Waals surface area contributed by atoms with Crippen molar-refractivity contribution < 1.29 is 9.50 Å². The Morgan fingerprint density at radius 1 is 1.08 bits per heavy atom. The molecule has 0 aromatic heterocycles. The summed E-state index contributed by atoms with van der Waals surface area (Å²) >= 11 is 0. The van der Waals surface area contributed by atoms with Crippen LogP contribution in [0.15, 0.2) is 59.6 Å². The zero-order valence-electron chi connectivity index (χ0n) is 14.8. The summed E-state index contributed by atoms with van der Waals surface area (Å²) in [6.07, 6.45) is 0.562. The smallest absolute Gasteiger partial charge is 0.191 e. The molecule has 0 saturated heterocycles. The molecule has 0 bridgehead atoms. The molecule has 0 fully saturated rings. The zero-order valence-corrected chi connectivity index (χ0v) is 14.8. The maximum absolute atomic E-state index is 13.6. The van der Waals surface area contributed by atoms with Crippen LogP contribution in [-0.2, 0) is 12.0 Å². The molecule has 25 heavy (non-hydrogen) atoms. The van der Waals surface area contributed by atoms with Crippen molar-refractivity contribution >= 4 is 5.96 Å². The van der Waals surface area contributed by atoms with Gasteiger partial charge in [-0.05, 0) is 37.5 Å². The van der Waals surface area contributed by atoms with Gasteiger partial charge < -0.3 is 15.7 Å². The number of guanidine groups is 1. The van der Waals surface area contributed by atoms with Crippen molar-refractivity contribution in [3.63, 3.8) is 0 Å². The second-order valence-electron chi connectivity index (χ2n) is 6.10. The first kappa shape index (κ1) is 18.9. The van der Waals surface area contributed by atoms with Crippen LogP contribution < -0.4 is 10.6 Å². The third-order valence-electron chi connectivity index (χ3n) is 3.93. The van der Waals surface area contributed by atoms with Crippen molar-refractivity contribution in [1.29, 1.82) is 0 Å². The molecule has 0 heterocycles. The lowest BCUT2D eigenvalue weighted by molar-refractivity contribution is 0.0672. The SMILES string of the molecule is CCNC(=NCC(C)(O)c1ccccc1)NCCc1ccccc1F. The van der Waals surface area contributed by atoms with E-state index < -0.39 is 5.60 Å². The van der Waals surface area contributed by atoms with Crippen LogP contribution >= 0.6 is 0 Å². The average molecular weight is 343 g/mol. The lowest BCUT2D eigenvalue weighted by atomic mass is 9.96. The number of halogens is 1. The third-order valence-corrected chi connectivity index (χ3v) is 3.93. The van der Waals surface area contributed by atoms with Crippen molar-refractivity contribution in [1.82, 2.24) is 10.6 Å². The first-order valence-corrected chi connectivity index (χ1v) is 8.56. The highest BCUT2D eigenvalue weighted by atomic mass is 19.1. The lowest BCUT2D eigenvalue weighted by Gasteiger charge is -2.22. The summed E-state index contributed by atoms with van der Waals surface area (Å²) in [7, 11) is 0. The second kappa shape index (κ2) is 9.18. The summed E-state index contributed by atoms with van der Waals surface area (Å²) in [6.45, 7) is 5.21. The van der Waals surface area contributed by atoms with E-state index in [0.717, 1.165) is 5.56 Å². The lowest BCUT2D eigenvalue weighted by Crippen LogP contribution is -2.39. The van der Waals surface area contributed by atoms with Crippen LogP contribution in [0.25, 0.3) is 0 Å². The normalized spacial score (nSPS) is 14.0. The highest BCUT2D eigenvalue weighted by Crippen LogP contribution is 2.20. The van der Waals surface area contributed by atoms with Gasteiger partial charge in [0.25, 0.3) is 0 Å². The van der Waals surface area contributed by atoms with Gasteiger partial charge in [0.05, 0.1) is 6.54 Å². The van der Waals surface area contributed by atoms with Gasteiger partial charge in [-0.2, -0.15) is 0 Å². The quantitative estimate of drug-likeness (QED) is 0.535. The first-order valence-electron chi connectivity index (χ1n) is 8.56. The number of aliphatic hydroxyl groups is 1. The minimum atomic E-state index is -1.05. The minimum absolute atomic E-state index is 0.196. The van der Waals surface area contributed by atoms with Crippen molar-refractivity contribution in [3.05, 3.63) is 71.5 Å². The molecule has 0 saturated carbocycles. The largest absolute Gasteiger partial charge is 0.384 e. The van der Waals surface area contributed by atoms with Gasteiger partial charge in [-0.25, -0.2) is 9.38 Å². The highest BCUT2D eigenvalue weighted by molar-refractivity contribution is 5.79.